The first kappa shape index (κ1) is 14.8. The molecule has 23 heavy (non-hydrogen) atoms. The van der Waals surface area contributed by atoms with E-state index in [1.54, 1.807) is 11.1 Å². The molecule has 0 bridgehead atoms. The highest BCUT2D eigenvalue weighted by Crippen LogP contribution is 2.19. The molecule has 0 aliphatic carbocycles. The molecule has 1 fully saturated rings. The van der Waals surface area contributed by atoms with Crippen LogP contribution in [0, 0.1) is 18.3 Å². The first-order valence-corrected chi connectivity index (χ1v) is 7.13. The second-order valence-electron chi connectivity index (χ2n) is 5.14. The number of hydrogen-bond donors (Lipinski definition) is 0. The molecule has 1 saturated heterocycles. The van der Waals surface area contributed by atoms with Gasteiger partial charge >= 0.3 is 0 Å². The van der Waals surface area contributed by atoms with Crippen LogP contribution in [0.25, 0.3) is 0 Å². The van der Waals surface area contributed by atoms with Crippen molar-refractivity contribution in [1.82, 2.24) is 24.8 Å². The minimum absolute atomic E-state index is 0.140. The van der Waals surface area contributed by atoms with E-state index in [1.807, 2.05) is 13.0 Å². The summed E-state index contributed by atoms with van der Waals surface area (Å²) in [4.78, 5) is 30.1. The second-order valence-corrected chi connectivity index (χ2v) is 5.14. The average molecular weight is 310 g/mol. The lowest BCUT2D eigenvalue weighted by Crippen LogP contribution is -2.31. The zero-order chi connectivity index (χ0) is 16.2. The molecule has 0 aromatic carbocycles. The van der Waals surface area contributed by atoms with Crippen molar-refractivity contribution >= 4 is 5.91 Å². The number of nitriles is 1. The number of aromatic nitrogens is 4. The summed E-state index contributed by atoms with van der Waals surface area (Å²) in [6.07, 6.45) is 6.38. The maximum absolute atomic E-state index is 12.4. The number of likely N-dealkylation sites (tertiary alicyclic amines) is 1. The van der Waals surface area contributed by atoms with E-state index in [0.29, 0.717) is 25.2 Å². The summed E-state index contributed by atoms with van der Waals surface area (Å²) in [7, 11) is 0. The average Bonchev–Trinajstić information content (AvgIpc) is 3.04. The molecule has 0 unspecified atom stereocenters. The monoisotopic (exact) mass is 310 g/mol. The van der Waals surface area contributed by atoms with Gasteiger partial charge in [-0.05, 0) is 6.92 Å². The first-order valence-electron chi connectivity index (χ1n) is 7.13. The fraction of sp³-hybridized carbons (Fsp3) is 0.333. The molecule has 1 aliphatic heterocycles. The van der Waals surface area contributed by atoms with Crippen molar-refractivity contribution < 1.29 is 9.53 Å². The lowest BCUT2D eigenvalue weighted by Gasteiger charge is -2.16. The van der Waals surface area contributed by atoms with Crippen LogP contribution in [-0.2, 0) is 0 Å². The van der Waals surface area contributed by atoms with Crippen molar-refractivity contribution in [2.24, 2.45) is 0 Å². The molecule has 0 saturated carbocycles. The van der Waals surface area contributed by atoms with E-state index >= 15 is 0 Å². The van der Waals surface area contributed by atoms with Gasteiger partial charge in [-0.1, -0.05) is 0 Å². The summed E-state index contributed by atoms with van der Waals surface area (Å²) in [6, 6.07) is 1.94. The van der Waals surface area contributed by atoms with Gasteiger partial charge in [0.2, 0.25) is 5.69 Å². The van der Waals surface area contributed by atoms with Gasteiger partial charge < -0.3 is 9.64 Å². The van der Waals surface area contributed by atoms with Crippen molar-refractivity contribution in [2.75, 3.05) is 13.1 Å². The molecule has 116 valence electrons. The van der Waals surface area contributed by atoms with Crippen LogP contribution in [0.2, 0.25) is 0 Å². The van der Waals surface area contributed by atoms with Crippen LogP contribution in [0.4, 0.5) is 0 Å². The summed E-state index contributed by atoms with van der Waals surface area (Å²) in [6.45, 7) is 2.78. The Labute approximate surface area is 132 Å². The van der Waals surface area contributed by atoms with Gasteiger partial charge in [0, 0.05) is 31.6 Å². The van der Waals surface area contributed by atoms with Crippen LogP contribution < -0.4 is 4.74 Å². The summed E-state index contributed by atoms with van der Waals surface area (Å²) in [5, 5.41) is 8.99. The second kappa shape index (κ2) is 6.36. The van der Waals surface area contributed by atoms with E-state index in [0.717, 1.165) is 5.69 Å². The van der Waals surface area contributed by atoms with Crippen LogP contribution in [0.3, 0.4) is 0 Å². The number of carbonyl (C=O) groups excluding carboxylic acids is 1. The number of ether oxygens (including phenoxy) is 1. The van der Waals surface area contributed by atoms with E-state index in [-0.39, 0.29) is 23.6 Å². The zero-order valence-corrected chi connectivity index (χ0v) is 12.5. The Bertz CT molecular complexity index is 755. The summed E-state index contributed by atoms with van der Waals surface area (Å²) >= 11 is 0. The molecule has 1 atom stereocenters. The maximum atomic E-state index is 12.4. The number of carbonyl (C=O) groups is 1. The van der Waals surface area contributed by atoms with Crippen LogP contribution >= 0.6 is 0 Å². The Morgan fingerprint density at radius 3 is 2.87 bits per heavy atom. The normalized spacial score (nSPS) is 16.9. The van der Waals surface area contributed by atoms with Crippen molar-refractivity contribution in [2.45, 2.75) is 19.4 Å². The lowest BCUT2D eigenvalue weighted by molar-refractivity contribution is 0.0764. The molecule has 0 N–H and O–H groups in total. The third kappa shape index (κ3) is 3.23. The molecule has 2 aromatic heterocycles. The molecular formula is C15H14N6O2. The van der Waals surface area contributed by atoms with Crippen molar-refractivity contribution in [3.63, 3.8) is 0 Å². The van der Waals surface area contributed by atoms with E-state index < -0.39 is 0 Å². The smallest absolute Gasteiger partial charge is 0.274 e. The molecule has 1 aliphatic rings. The molecule has 3 rings (SSSR count). The Morgan fingerprint density at radius 2 is 2.13 bits per heavy atom. The molecule has 1 amide bonds. The Kier molecular flexibility index (Phi) is 4.10. The third-order valence-corrected chi connectivity index (χ3v) is 3.48. The highest BCUT2D eigenvalue weighted by atomic mass is 16.5. The van der Waals surface area contributed by atoms with Gasteiger partial charge in [-0.2, -0.15) is 5.26 Å². The van der Waals surface area contributed by atoms with E-state index in [2.05, 4.69) is 19.9 Å². The molecule has 8 heteroatoms. The Morgan fingerprint density at radius 1 is 1.30 bits per heavy atom. The number of nitrogens with zero attached hydrogens (tertiary/aromatic N) is 6. The number of amides is 1. The topological polar surface area (TPSA) is 105 Å². The van der Waals surface area contributed by atoms with Gasteiger partial charge in [0.05, 0.1) is 18.4 Å². The van der Waals surface area contributed by atoms with E-state index in [4.69, 9.17) is 10.00 Å². The van der Waals surface area contributed by atoms with Crippen molar-refractivity contribution in [3.05, 3.63) is 41.9 Å². The molecular weight excluding hydrogens is 296 g/mol. The summed E-state index contributed by atoms with van der Waals surface area (Å²) in [5.74, 6) is 0.0210. The molecule has 8 nitrogen and oxygen atoms in total. The van der Waals surface area contributed by atoms with Gasteiger partial charge in [-0.15, -0.1) is 0 Å². The highest BCUT2D eigenvalue weighted by Gasteiger charge is 2.29. The predicted octanol–water partition coefficient (Wildman–Crippen LogP) is 0.740. The van der Waals surface area contributed by atoms with Gasteiger partial charge in [0.25, 0.3) is 11.8 Å². The van der Waals surface area contributed by atoms with E-state index in [9.17, 15) is 4.79 Å². The molecule has 0 spiro atoms. The quantitative estimate of drug-likeness (QED) is 0.823. The summed E-state index contributed by atoms with van der Waals surface area (Å²) < 4.78 is 5.71. The minimum atomic E-state index is -0.221. The zero-order valence-electron chi connectivity index (χ0n) is 12.5. The first-order chi connectivity index (χ1) is 11.2. The lowest BCUT2D eigenvalue weighted by atomic mass is 10.3. The van der Waals surface area contributed by atoms with Gasteiger partial charge in [0.15, 0.2) is 0 Å². The van der Waals surface area contributed by atoms with Crippen LogP contribution in [0.15, 0.2) is 24.8 Å². The SMILES string of the molecule is Cc1cnc(C(=O)N2CC[C@H](Oc3nccnc3C#N)C2)cn1. The molecule has 0 radical (unpaired) electrons. The number of hydrogen-bond acceptors (Lipinski definition) is 7. The molecule has 3 heterocycles. The molecule has 2 aromatic rings. The largest absolute Gasteiger partial charge is 0.470 e. The van der Waals surface area contributed by atoms with E-state index in [1.165, 1.54) is 18.6 Å². The van der Waals surface area contributed by atoms with Crippen molar-refractivity contribution in [1.29, 1.82) is 5.26 Å². The standard InChI is InChI=1S/C15H14N6O2/c1-10-7-20-13(8-19-10)15(22)21-5-2-11(9-21)23-14-12(6-16)17-3-4-18-14/h3-4,7-8,11H,2,5,9H2,1H3/t11-/m0/s1. The Balaban J connectivity index is 1.65. The maximum Gasteiger partial charge on any atom is 0.274 e. The fourth-order valence-corrected chi connectivity index (χ4v) is 2.32. The van der Waals surface area contributed by atoms with Crippen LogP contribution in [-0.4, -0.2) is 49.9 Å². The fourth-order valence-electron chi connectivity index (χ4n) is 2.32. The number of rotatable bonds is 3. The van der Waals surface area contributed by atoms with Crippen LogP contribution in [0.1, 0.15) is 28.3 Å². The summed E-state index contributed by atoms with van der Waals surface area (Å²) in [5.41, 5.74) is 1.21. The predicted molar refractivity (Wildman–Crippen MR) is 78.5 cm³/mol. The highest BCUT2D eigenvalue weighted by molar-refractivity contribution is 5.92. The minimum Gasteiger partial charge on any atom is -0.470 e. The van der Waals surface area contributed by atoms with Gasteiger partial charge in [-0.3, -0.25) is 9.78 Å². The van der Waals surface area contributed by atoms with Crippen molar-refractivity contribution in [3.8, 4) is 11.9 Å². The van der Waals surface area contributed by atoms with Gasteiger partial charge in [-0.25, -0.2) is 15.0 Å². The Hall–Kier alpha value is -3.08. The van der Waals surface area contributed by atoms with Crippen LogP contribution in [0.5, 0.6) is 5.88 Å². The van der Waals surface area contributed by atoms with Gasteiger partial charge in [0.1, 0.15) is 17.9 Å². The third-order valence-electron chi connectivity index (χ3n) is 3.48. The number of aryl methyl sites for hydroxylation is 1.